The summed E-state index contributed by atoms with van der Waals surface area (Å²) in [6.07, 6.45) is 1.94. The number of carbonyl (C=O) groups is 1. The van der Waals surface area contributed by atoms with Crippen molar-refractivity contribution in [3.8, 4) is 0 Å². The number of nitrogen functional groups attached to an aromatic ring is 1. The SMILES string of the molecule is CSCC(C)Nc1cc(C(=O)O)c(N)cc1F. The molecule has 94 valence electrons. The van der Waals surface area contributed by atoms with Gasteiger partial charge in [0, 0.05) is 17.5 Å². The first-order valence-electron chi connectivity index (χ1n) is 5.03. The molecule has 6 heteroatoms. The molecule has 0 spiro atoms. The summed E-state index contributed by atoms with van der Waals surface area (Å²) in [5.41, 5.74) is 5.43. The number of carboxylic acids is 1. The molecule has 4 nitrogen and oxygen atoms in total. The molecule has 4 N–H and O–H groups in total. The Morgan fingerprint density at radius 1 is 1.65 bits per heavy atom. The van der Waals surface area contributed by atoms with Crippen LogP contribution in [0.3, 0.4) is 0 Å². The lowest BCUT2D eigenvalue weighted by atomic mass is 10.1. The van der Waals surface area contributed by atoms with E-state index >= 15 is 0 Å². The molecule has 0 aliphatic heterocycles. The van der Waals surface area contributed by atoms with E-state index in [9.17, 15) is 9.18 Å². The molecule has 1 aromatic rings. The molecule has 1 atom stereocenters. The number of halogens is 1. The number of hydrogen-bond acceptors (Lipinski definition) is 4. The second-order valence-corrected chi connectivity index (χ2v) is 4.64. The van der Waals surface area contributed by atoms with Crippen molar-refractivity contribution >= 4 is 29.1 Å². The van der Waals surface area contributed by atoms with Crippen molar-refractivity contribution in [1.29, 1.82) is 0 Å². The fourth-order valence-electron chi connectivity index (χ4n) is 1.44. The molecule has 1 rings (SSSR count). The zero-order chi connectivity index (χ0) is 13.0. The molecule has 0 aromatic heterocycles. The Hall–Kier alpha value is -1.43. The van der Waals surface area contributed by atoms with E-state index in [1.54, 1.807) is 11.8 Å². The Morgan fingerprint density at radius 3 is 2.82 bits per heavy atom. The maximum atomic E-state index is 13.6. The standard InChI is InChI=1S/C11H15FN2O2S/c1-6(5-17-2)14-10-3-7(11(15)16)9(13)4-8(10)12/h3-4,6,14H,5,13H2,1-2H3,(H,15,16). The average Bonchev–Trinajstić information content (AvgIpc) is 2.21. The van der Waals surface area contributed by atoms with Crippen LogP contribution >= 0.6 is 11.8 Å². The number of aromatic carboxylic acids is 1. The number of hydrogen-bond donors (Lipinski definition) is 3. The van der Waals surface area contributed by atoms with Crippen LogP contribution in [0.25, 0.3) is 0 Å². The van der Waals surface area contributed by atoms with Crippen molar-refractivity contribution in [1.82, 2.24) is 0 Å². The summed E-state index contributed by atoms with van der Waals surface area (Å²) >= 11 is 1.62. The minimum absolute atomic E-state index is 0.0461. The van der Waals surface area contributed by atoms with E-state index in [1.165, 1.54) is 6.07 Å². The summed E-state index contributed by atoms with van der Waals surface area (Å²) in [6, 6.07) is 2.30. The molecule has 1 unspecified atom stereocenters. The number of rotatable bonds is 5. The second kappa shape index (κ2) is 5.77. The van der Waals surface area contributed by atoms with Crippen molar-refractivity contribution in [3.05, 3.63) is 23.5 Å². The van der Waals surface area contributed by atoms with Gasteiger partial charge in [-0.25, -0.2) is 9.18 Å². The molecular formula is C11H15FN2O2S. The summed E-state index contributed by atoms with van der Waals surface area (Å²) in [5.74, 6) is -0.907. The zero-order valence-electron chi connectivity index (χ0n) is 9.66. The van der Waals surface area contributed by atoms with Gasteiger partial charge in [-0.2, -0.15) is 11.8 Å². The monoisotopic (exact) mass is 258 g/mol. The van der Waals surface area contributed by atoms with Crippen LogP contribution in [0, 0.1) is 5.82 Å². The number of benzene rings is 1. The highest BCUT2D eigenvalue weighted by atomic mass is 32.2. The van der Waals surface area contributed by atoms with Crippen molar-refractivity contribution < 1.29 is 14.3 Å². The molecule has 0 heterocycles. The summed E-state index contributed by atoms with van der Waals surface area (Å²) in [6.45, 7) is 1.90. The van der Waals surface area contributed by atoms with Gasteiger partial charge in [0.15, 0.2) is 0 Å². The Bertz CT molecular complexity index is 426. The van der Waals surface area contributed by atoms with E-state index in [-0.39, 0.29) is 23.0 Å². The van der Waals surface area contributed by atoms with Crippen molar-refractivity contribution in [2.45, 2.75) is 13.0 Å². The summed E-state index contributed by atoms with van der Waals surface area (Å²) in [5, 5.41) is 11.8. The van der Waals surface area contributed by atoms with E-state index in [0.29, 0.717) is 0 Å². The smallest absolute Gasteiger partial charge is 0.337 e. The highest BCUT2D eigenvalue weighted by Crippen LogP contribution is 2.23. The normalized spacial score (nSPS) is 12.2. The average molecular weight is 258 g/mol. The van der Waals surface area contributed by atoms with Crippen LogP contribution < -0.4 is 11.1 Å². The van der Waals surface area contributed by atoms with Crippen LogP contribution in [-0.2, 0) is 0 Å². The van der Waals surface area contributed by atoms with Gasteiger partial charge in [0.25, 0.3) is 0 Å². The summed E-state index contributed by atoms with van der Waals surface area (Å²) in [7, 11) is 0. The van der Waals surface area contributed by atoms with E-state index in [0.717, 1.165) is 11.8 Å². The van der Waals surface area contributed by atoms with E-state index < -0.39 is 11.8 Å². The predicted molar refractivity (Wildman–Crippen MR) is 69.2 cm³/mol. The molecule has 0 radical (unpaired) electrons. The van der Waals surface area contributed by atoms with Gasteiger partial charge in [-0.15, -0.1) is 0 Å². The van der Waals surface area contributed by atoms with Crippen LogP contribution in [0.5, 0.6) is 0 Å². The van der Waals surface area contributed by atoms with Gasteiger partial charge in [-0.3, -0.25) is 0 Å². The third kappa shape index (κ3) is 3.52. The number of thioether (sulfide) groups is 1. The van der Waals surface area contributed by atoms with E-state index in [2.05, 4.69) is 5.32 Å². The van der Waals surface area contributed by atoms with Gasteiger partial charge < -0.3 is 16.2 Å². The van der Waals surface area contributed by atoms with E-state index in [4.69, 9.17) is 10.8 Å². The topological polar surface area (TPSA) is 75.3 Å². The molecule has 17 heavy (non-hydrogen) atoms. The Labute approximate surface area is 103 Å². The lowest BCUT2D eigenvalue weighted by Gasteiger charge is -2.15. The first kappa shape index (κ1) is 13.6. The van der Waals surface area contributed by atoms with Gasteiger partial charge in [0.05, 0.1) is 11.3 Å². The number of carboxylic acid groups (broad SMARTS) is 1. The van der Waals surface area contributed by atoms with Crippen molar-refractivity contribution in [2.75, 3.05) is 23.1 Å². The number of nitrogens with one attached hydrogen (secondary N) is 1. The Balaban J connectivity index is 2.99. The van der Waals surface area contributed by atoms with Gasteiger partial charge in [0.2, 0.25) is 0 Å². The minimum atomic E-state index is -1.16. The van der Waals surface area contributed by atoms with Crippen LogP contribution in [-0.4, -0.2) is 29.1 Å². The Kier molecular flexibility index (Phi) is 4.62. The molecule has 0 bridgehead atoms. The predicted octanol–water partition coefficient (Wildman–Crippen LogP) is 2.27. The fourth-order valence-corrected chi connectivity index (χ4v) is 2.02. The first-order chi connectivity index (χ1) is 7.95. The van der Waals surface area contributed by atoms with E-state index in [1.807, 2.05) is 13.2 Å². The highest BCUT2D eigenvalue weighted by Gasteiger charge is 2.14. The quantitative estimate of drug-likeness (QED) is 0.706. The molecule has 0 aliphatic rings. The molecule has 0 saturated carbocycles. The molecule has 0 amide bonds. The van der Waals surface area contributed by atoms with Gasteiger partial charge in [-0.05, 0) is 25.3 Å². The van der Waals surface area contributed by atoms with Gasteiger partial charge in [-0.1, -0.05) is 0 Å². The maximum absolute atomic E-state index is 13.6. The summed E-state index contributed by atoms with van der Waals surface area (Å²) in [4.78, 5) is 10.9. The maximum Gasteiger partial charge on any atom is 0.337 e. The summed E-state index contributed by atoms with van der Waals surface area (Å²) < 4.78 is 13.6. The molecule has 1 aromatic carbocycles. The van der Waals surface area contributed by atoms with Crippen molar-refractivity contribution in [2.24, 2.45) is 0 Å². The highest BCUT2D eigenvalue weighted by molar-refractivity contribution is 7.98. The largest absolute Gasteiger partial charge is 0.478 e. The van der Waals surface area contributed by atoms with Crippen LogP contribution in [0.15, 0.2) is 12.1 Å². The lowest BCUT2D eigenvalue weighted by molar-refractivity contribution is 0.0698. The van der Waals surface area contributed by atoms with Gasteiger partial charge in [0.1, 0.15) is 5.82 Å². The molecule has 0 fully saturated rings. The van der Waals surface area contributed by atoms with Crippen LogP contribution in [0.4, 0.5) is 15.8 Å². The number of anilines is 2. The molecular weight excluding hydrogens is 243 g/mol. The zero-order valence-corrected chi connectivity index (χ0v) is 10.5. The van der Waals surface area contributed by atoms with Crippen molar-refractivity contribution in [3.63, 3.8) is 0 Å². The Morgan fingerprint density at radius 2 is 2.29 bits per heavy atom. The fraction of sp³-hybridized carbons (Fsp3) is 0.364. The first-order valence-corrected chi connectivity index (χ1v) is 6.43. The minimum Gasteiger partial charge on any atom is -0.478 e. The van der Waals surface area contributed by atoms with Gasteiger partial charge >= 0.3 is 5.97 Å². The van der Waals surface area contributed by atoms with Crippen LogP contribution in [0.1, 0.15) is 17.3 Å². The second-order valence-electron chi connectivity index (χ2n) is 3.73. The van der Waals surface area contributed by atoms with Crippen LogP contribution in [0.2, 0.25) is 0 Å². The third-order valence-electron chi connectivity index (χ3n) is 2.19. The molecule has 0 aliphatic carbocycles. The lowest BCUT2D eigenvalue weighted by Crippen LogP contribution is -2.19. The third-order valence-corrected chi connectivity index (χ3v) is 3.02. The number of nitrogens with two attached hydrogens (primary N) is 1. The molecule has 0 saturated heterocycles.